The summed E-state index contributed by atoms with van der Waals surface area (Å²) in [6.45, 7) is 7.96. The molecule has 30 heavy (non-hydrogen) atoms. The van der Waals surface area contributed by atoms with E-state index in [0.717, 1.165) is 0 Å². The van der Waals surface area contributed by atoms with E-state index < -0.39 is 29.1 Å². The third kappa shape index (κ3) is 5.23. The summed E-state index contributed by atoms with van der Waals surface area (Å²) in [5.74, 6) is -0.578. The Hall–Kier alpha value is -3.22. The minimum atomic E-state index is -0.993. The zero-order chi connectivity index (χ0) is 22.5. The molecule has 0 aliphatic carbocycles. The molecule has 1 atom stereocenters. The van der Waals surface area contributed by atoms with Crippen molar-refractivity contribution in [3.63, 3.8) is 0 Å². The Labute approximate surface area is 174 Å². The molecule has 2 heterocycles. The molecule has 0 saturated carbocycles. The number of carbonyl (C=O) groups is 1. The number of piperazine rings is 1. The number of aromatic nitrogens is 1. The van der Waals surface area contributed by atoms with E-state index in [0.29, 0.717) is 31.0 Å². The lowest BCUT2D eigenvalue weighted by molar-refractivity contribution is 0.00592. The van der Waals surface area contributed by atoms with Crippen LogP contribution in [0.4, 0.5) is 14.9 Å². The van der Waals surface area contributed by atoms with E-state index in [1.54, 1.807) is 34.7 Å². The van der Waals surface area contributed by atoms with Gasteiger partial charge in [-0.3, -0.25) is 14.8 Å². The standard InChI is InChI=1S/C20H27FN6O3/c1-6-24-16-14(11-25-18(28)15(16)21)17(23-5)26-9-10-27(13(12-26)7-8-22)19(29)30-20(2,3)4/h6,11,13H,7,9-10,12H2,1-5H3,(H,25,28)/t13-/m0/s1. The lowest BCUT2D eigenvalue weighted by Gasteiger charge is -2.42. The highest BCUT2D eigenvalue weighted by molar-refractivity contribution is 6.03. The van der Waals surface area contributed by atoms with Crippen LogP contribution in [0.25, 0.3) is 0 Å². The summed E-state index contributed by atoms with van der Waals surface area (Å²) in [4.78, 5) is 38.3. The molecule has 0 aromatic carbocycles. The van der Waals surface area contributed by atoms with Gasteiger partial charge in [-0.2, -0.15) is 9.65 Å². The van der Waals surface area contributed by atoms with E-state index in [9.17, 15) is 19.2 Å². The Morgan fingerprint density at radius 1 is 1.47 bits per heavy atom. The molecule has 1 amide bonds. The van der Waals surface area contributed by atoms with E-state index in [1.807, 2.05) is 4.90 Å². The molecule has 0 spiro atoms. The van der Waals surface area contributed by atoms with Gasteiger partial charge in [-0.05, 0) is 27.7 Å². The summed E-state index contributed by atoms with van der Waals surface area (Å²) in [6.07, 6.45) is 2.39. The minimum absolute atomic E-state index is 0.103. The quantitative estimate of drug-likeness (QED) is 0.598. The highest BCUT2D eigenvalue weighted by atomic mass is 19.1. The number of nitrogens with one attached hydrogen (secondary N) is 1. The van der Waals surface area contributed by atoms with Gasteiger partial charge in [-0.25, -0.2) is 4.79 Å². The Morgan fingerprint density at radius 3 is 2.73 bits per heavy atom. The number of carbonyl (C=O) groups excluding carboxylic acids is 1. The van der Waals surface area contributed by atoms with Crippen molar-refractivity contribution in [2.45, 2.75) is 45.8 Å². The van der Waals surface area contributed by atoms with Crippen molar-refractivity contribution < 1.29 is 13.9 Å². The van der Waals surface area contributed by atoms with Gasteiger partial charge in [0.15, 0.2) is 0 Å². The van der Waals surface area contributed by atoms with E-state index in [1.165, 1.54) is 17.3 Å². The number of pyridine rings is 1. The van der Waals surface area contributed by atoms with Crippen molar-refractivity contribution in [2.24, 2.45) is 9.98 Å². The van der Waals surface area contributed by atoms with Crippen molar-refractivity contribution >= 4 is 23.8 Å². The smallest absolute Gasteiger partial charge is 0.410 e. The number of nitriles is 1. The van der Waals surface area contributed by atoms with Gasteiger partial charge in [-0.1, -0.05) is 0 Å². The first-order chi connectivity index (χ1) is 14.1. The van der Waals surface area contributed by atoms with E-state index in [2.05, 4.69) is 21.0 Å². The third-order valence-electron chi connectivity index (χ3n) is 4.46. The van der Waals surface area contributed by atoms with E-state index in [-0.39, 0.29) is 12.1 Å². The first-order valence-electron chi connectivity index (χ1n) is 9.61. The van der Waals surface area contributed by atoms with Crippen molar-refractivity contribution in [2.75, 3.05) is 26.7 Å². The lowest BCUT2D eigenvalue weighted by Crippen LogP contribution is -2.57. The first kappa shape index (κ1) is 23.1. The van der Waals surface area contributed by atoms with Crippen LogP contribution in [0.2, 0.25) is 0 Å². The van der Waals surface area contributed by atoms with Crippen LogP contribution in [-0.4, -0.2) is 71.3 Å². The predicted molar refractivity (Wildman–Crippen MR) is 112 cm³/mol. The zero-order valence-corrected chi connectivity index (χ0v) is 17.9. The summed E-state index contributed by atoms with van der Waals surface area (Å²) in [7, 11) is 1.55. The molecule has 1 N–H and O–H groups in total. The monoisotopic (exact) mass is 418 g/mol. The number of aliphatic imine (C=N–C) groups is 2. The number of amidine groups is 1. The molecule has 1 aliphatic heterocycles. The highest BCUT2D eigenvalue weighted by Gasteiger charge is 2.35. The van der Waals surface area contributed by atoms with Crippen LogP contribution in [0.1, 0.15) is 39.7 Å². The number of hydrogen-bond donors (Lipinski definition) is 1. The number of ether oxygens (including phenoxy) is 1. The maximum atomic E-state index is 14.4. The van der Waals surface area contributed by atoms with Gasteiger partial charge in [0.1, 0.15) is 17.1 Å². The third-order valence-corrected chi connectivity index (χ3v) is 4.46. The first-order valence-corrected chi connectivity index (χ1v) is 9.61. The maximum absolute atomic E-state index is 14.4. The Kier molecular flexibility index (Phi) is 7.32. The Balaban J connectivity index is 2.35. The second kappa shape index (κ2) is 9.52. The van der Waals surface area contributed by atoms with Crippen LogP contribution in [0, 0.1) is 17.1 Å². The molecule has 0 unspecified atom stereocenters. The normalized spacial score (nSPS) is 17.9. The molecule has 162 valence electrons. The van der Waals surface area contributed by atoms with E-state index >= 15 is 0 Å². The maximum Gasteiger partial charge on any atom is 0.410 e. The van der Waals surface area contributed by atoms with Crippen molar-refractivity contribution in [3.8, 4) is 6.07 Å². The van der Waals surface area contributed by atoms with Crippen LogP contribution in [0.3, 0.4) is 0 Å². The Morgan fingerprint density at radius 2 is 2.17 bits per heavy atom. The summed E-state index contributed by atoms with van der Waals surface area (Å²) < 4.78 is 19.9. The fourth-order valence-electron chi connectivity index (χ4n) is 3.24. The molecule has 1 aliphatic rings. The molecular formula is C20H27FN6O3. The second-order valence-electron chi connectivity index (χ2n) is 7.76. The van der Waals surface area contributed by atoms with Crippen LogP contribution in [-0.2, 0) is 4.74 Å². The summed E-state index contributed by atoms with van der Waals surface area (Å²) in [6, 6.07) is 1.67. The lowest BCUT2D eigenvalue weighted by atomic mass is 10.1. The highest BCUT2D eigenvalue weighted by Crippen LogP contribution is 2.25. The molecule has 1 aromatic rings. The minimum Gasteiger partial charge on any atom is -0.444 e. The molecule has 10 heteroatoms. The topological polar surface area (TPSA) is 114 Å². The summed E-state index contributed by atoms with van der Waals surface area (Å²) >= 11 is 0. The van der Waals surface area contributed by atoms with Gasteiger partial charge in [0.05, 0.1) is 24.1 Å². The van der Waals surface area contributed by atoms with Crippen LogP contribution >= 0.6 is 0 Å². The molecule has 2 rings (SSSR count). The molecule has 0 bridgehead atoms. The van der Waals surface area contributed by atoms with Crippen LogP contribution in [0.5, 0.6) is 0 Å². The van der Waals surface area contributed by atoms with Crippen molar-refractivity contribution in [3.05, 3.63) is 27.9 Å². The average Bonchev–Trinajstić information content (AvgIpc) is 2.67. The van der Waals surface area contributed by atoms with Crippen molar-refractivity contribution in [1.82, 2.24) is 14.8 Å². The summed E-state index contributed by atoms with van der Waals surface area (Å²) in [5.41, 5.74) is -1.30. The predicted octanol–water partition coefficient (Wildman–Crippen LogP) is 2.45. The second-order valence-corrected chi connectivity index (χ2v) is 7.76. The average molecular weight is 418 g/mol. The molecular weight excluding hydrogens is 391 g/mol. The number of amides is 1. The fourth-order valence-corrected chi connectivity index (χ4v) is 3.24. The number of nitrogens with zero attached hydrogens (tertiary/aromatic N) is 5. The van der Waals surface area contributed by atoms with Gasteiger partial charge in [0, 0.05) is 39.1 Å². The number of halogens is 1. The van der Waals surface area contributed by atoms with Crippen LogP contribution < -0.4 is 5.56 Å². The SMILES string of the molecule is CC=Nc1c(C(=NC)N2CCN(C(=O)OC(C)(C)C)[C@@H](CC#N)C2)c[nH]c(=O)c1F. The number of rotatable bonds is 3. The summed E-state index contributed by atoms with van der Waals surface area (Å²) in [5, 5.41) is 9.24. The van der Waals surface area contributed by atoms with Gasteiger partial charge in [0.2, 0.25) is 5.82 Å². The number of hydrogen-bond acceptors (Lipinski definition) is 6. The zero-order valence-electron chi connectivity index (χ0n) is 17.9. The van der Waals surface area contributed by atoms with Gasteiger partial charge in [-0.15, -0.1) is 0 Å². The largest absolute Gasteiger partial charge is 0.444 e. The van der Waals surface area contributed by atoms with E-state index in [4.69, 9.17) is 4.74 Å². The van der Waals surface area contributed by atoms with Gasteiger partial charge >= 0.3 is 6.09 Å². The van der Waals surface area contributed by atoms with Crippen molar-refractivity contribution in [1.29, 1.82) is 5.26 Å². The van der Waals surface area contributed by atoms with Gasteiger partial charge < -0.3 is 19.5 Å². The molecule has 9 nitrogen and oxygen atoms in total. The Bertz CT molecular complexity index is 941. The van der Waals surface area contributed by atoms with Gasteiger partial charge in [0.25, 0.3) is 5.56 Å². The molecule has 0 radical (unpaired) electrons. The number of H-pyrrole nitrogens is 1. The molecule has 1 aromatic heterocycles. The molecule has 1 fully saturated rings. The molecule has 1 saturated heterocycles. The fraction of sp³-hybridized carbons (Fsp3) is 0.550. The van der Waals surface area contributed by atoms with Crippen LogP contribution in [0.15, 0.2) is 21.0 Å². The number of aromatic amines is 1.